The average molecular weight is 327 g/mol. The molecule has 0 saturated carbocycles. The molecule has 0 aromatic heterocycles. The Morgan fingerprint density at radius 2 is 1.91 bits per heavy atom. The van der Waals surface area contributed by atoms with Crippen LogP contribution in [0.25, 0.3) is 10.4 Å². The first-order valence-corrected chi connectivity index (χ1v) is 7.78. The summed E-state index contributed by atoms with van der Waals surface area (Å²) in [7, 11) is 0. The Labute approximate surface area is 139 Å². The molecule has 0 bridgehead atoms. The molecule has 0 atom stereocenters. The van der Waals surface area contributed by atoms with Crippen molar-refractivity contribution in [2.45, 2.75) is 19.3 Å². The number of para-hydroxylation sites is 1. The minimum atomic E-state index is -0.102. The van der Waals surface area contributed by atoms with Gasteiger partial charge < -0.3 is 0 Å². The zero-order valence-corrected chi connectivity index (χ0v) is 13.2. The van der Waals surface area contributed by atoms with E-state index in [4.69, 9.17) is 17.1 Å². The Balaban J connectivity index is 2.09. The molecule has 0 fully saturated rings. The van der Waals surface area contributed by atoms with Crippen LogP contribution in [-0.2, 0) is 17.6 Å². The maximum Gasteiger partial charge on any atom is 0.231 e. The fraction of sp³-hybridized carbons (Fsp3) is 0.235. The third-order valence-electron chi connectivity index (χ3n) is 3.92. The molecule has 116 valence electrons. The molecule has 0 spiro atoms. The molecule has 1 aliphatic rings. The molecule has 3 rings (SSSR count). The Hall–Kier alpha value is -2.49. The normalized spacial score (nSPS) is 12.7. The molecule has 2 aromatic carbocycles. The van der Waals surface area contributed by atoms with Gasteiger partial charge in [0.15, 0.2) is 0 Å². The lowest BCUT2D eigenvalue weighted by molar-refractivity contribution is -0.117. The molecule has 6 heteroatoms. The van der Waals surface area contributed by atoms with Crippen LogP contribution in [0.2, 0.25) is 5.02 Å². The second-order valence-corrected chi connectivity index (χ2v) is 5.77. The number of azide groups is 1. The van der Waals surface area contributed by atoms with Gasteiger partial charge in [0.2, 0.25) is 5.91 Å². The van der Waals surface area contributed by atoms with E-state index in [0.29, 0.717) is 5.02 Å². The van der Waals surface area contributed by atoms with Crippen LogP contribution in [0, 0.1) is 0 Å². The molecule has 0 N–H and O–H groups in total. The molecule has 1 heterocycles. The van der Waals surface area contributed by atoms with E-state index in [0.717, 1.165) is 35.3 Å². The molecular weight excluding hydrogens is 312 g/mol. The minimum Gasteiger partial charge on any atom is -0.280 e. The molecule has 23 heavy (non-hydrogen) atoms. The van der Waals surface area contributed by atoms with Gasteiger partial charge in [0.05, 0.1) is 11.4 Å². The third-order valence-corrected chi connectivity index (χ3v) is 4.16. The number of rotatable bonds is 3. The van der Waals surface area contributed by atoms with Crippen LogP contribution in [-0.4, -0.2) is 12.5 Å². The molecule has 0 radical (unpaired) electrons. The summed E-state index contributed by atoms with van der Waals surface area (Å²) in [6, 6.07) is 13.5. The summed E-state index contributed by atoms with van der Waals surface area (Å²) in [5.74, 6) is -0.102. The predicted molar refractivity (Wildman–Crippen MR) is 91.1 cm³/mol. The van der Waals surface area contributed by atoms with Crippen LogP contribution in [0.5, 0.6) is 0 Å². The summed E-state index contributed by atoms with van der Waals surface area (Å²) in [6.45, 7) is 0.143. The molecule has 1 aliphatic heterocycles. The van der Waals surface area contributed by atoms with Crippen molar-refractivity contribution in [2.75, 3.05) is 11.4 Å². The quantitative estimate of drug-likeness (QED) is 0.453. The van der Waals surface area contributed by atoms with Gasteiger partial charge in [0.1, 0.15) is 0 Å². The van der Waals surface area contributed by atoms with Gasteiger partial charge in [0.25, 0.3) is 0 Å². The fourth-order valence-corrected chi connectivity index (χ4v) is 3.03. The largest absolute Gasteiger partial charge is 0.280 e. The van der Waals surface area contributed by atoms with E-state index in [2.05, 4.69) is 10.0 Å². The van der Waals surface area contributed by atoms with E-state index in [9.17, 15) is 4.79 Å². The summed E-state index contributed by atoms with van der Waals surface area (Å²) in [5.41, 5.74) is 12.3. The molecule has 0 unspecified atom stereocenters. The maximum absolute atomic E-state index is 12.8. The number of carbonyl (C=O) groups excluding carboxylic acids is 1. The summed E-state index contributed by atoms with van der Waals surface area (Å²) >= 11 is 6.15. The highest BCUT2D eigenvalue weighted by Gasteiger charge is 2.25. The minimum absolute atomic E-state index is 0.102. The molecule has 0 aliphatic carbocycles. The second-order valence-electron chi connectivity index (χ2n) is 5.34. The summed E-state index contributed by atoms with van der Waals surface area (Å²) in [5, 5.41) is 4.06. The van der Waals surface area contributed by atoms with Crippen LogP contribution < -0.4 is 4.90 Å². The predicted octanol–water partition coefficient (Wildman–Crippen LogP) is 4.80. The number of hydrogen-bond acceptors (Lipinski definition) is 2. The van der Waals surface area contributed by atoms with Crippen molar-refractivity contribution in [3.8, 4) is 0 Å². The van der Waals surface area contributed by atoms with Crippen LogP contribution >= 0.6 is 11.6 Å². The molecule has 5 nitrogen and oxygen atoms in total. The Bertz CT molecular complexity index is 799. The van der Waals surface area contributed by atoms with E-state index < -0.39 is 0 Å². The van der Waals surface area contributed by atoms with E-state index in [1.807, 2.05) is 42.5 Å². The molecule has 1 amide bonds. The second kappa shape index (κ2) is 6.73. The van der Waals surface area contributed by atoms with Gasteiger partial charge in [-0.3, -0.25) is 9.69 Å². The van der Waals surface area contributed by atoms with Crippen molar-refractivity contribution in [1.29, 1.82) is 0 Å². The van der Waals surface area contributed by atoms with Crippen molar-refractivity contribution < 1.29 is 4.79 Å². The Morgan fingerprint density at radius 1 is 1.17 bits per heavy atom. The van der Waals surface area contributed by atoms with Gasteiger partial charge in [0, 0.05) is 22.9 Å². The van der Waals surface area contributed by atoms with Gasteiger partial charge in [-0.25, -0.2) is 0 Å². The summed E-state index contributed by atoms with van der Waals surface area (Å²) < 4.78 is 0. The van der Waals surface area contributed by atoms with Gasteiger partial charge in [-0.1, -0.05) is 41.0 Å². The van der Waals surface area contributed by atoms with Crippen LogP contribution in [0.15, 0.2) is 47.6 Å². The van der Waals surface area contributed by atoms with Gasteiger partial charge in [-0.2, -0.15) is 0 Å². The number of fused-ring (bicyclic) bond motifs is 2. The Morgan fingerprint density at radius 3 is 2.70 bits per heavy atom. The van der Waals surface area contributed by atoms with Gasteiger partial charge in [-0.15, -0.1) is 0 Å². The average Bonchev–Trinajstić information content (AvgIpc) is 2.71. The summed E-state index contributed by atoms with van der Waals surface area (Å²) in [6.07, 6.45) is 1.87. The maximum atomic E-state index is 12.8. The zero-order valence-electron chi connectivity index (χ0n) is 12.4. The molecule has 2 aromatic rings. The number of anilines is 2. The highest BCUT2D eigenvalue weighted by atomic mass is 35.5. The number of nitrogens with zero attached hydrogens (tertiary/aromatic N) is 4. The van der Waals surface area contributed by atoms with E-state index in [1.165, 1.54) is 0 Å². The zero-order chi connectivity index (χ0) is 16.2. The first-order chi connectivity index (χ1) is 11.2. The lowest BCUT2D eigenvalue weighted by Crippen LogP contribution is -2.27. The van der Waals surface area contributed by atoms with Crippen molar-refractivity contribution in [3.05, 3.63) is 69.1 Å². The van der Waals surface area contributed by atoms with Crippen LogP contribution in [0.3, 0.4) is 0 Å². The smallest absolute Gasteiger partial charge is 0.231 e. The monoisotopic (exact) mass is 326 g/mol. The SMILES string of the molecule is [N-]=[N+]=NCCC(=O)N1c2ccccc2CCc2ccc(Cl)cc21. The first-order valence-electron chi connectivity index (χ1n) is 7.41. The highest BCUT2D eigenvalue weighted by Crippen LogP contribution is 2.37. The topological polar surface area (TPSA) is 69.1 Å². The fourth-order valence-electron chi connectivity index (χ4n) is 2.87. The molecular formula is C17H15ClN4O. The van der Waals surface area contributed by atoms with Crippen molar-refractivity contribution >= 4 is 28.9 Å². The van der Waals surface area contributed by atoms with Crippen LogP contribution in [0.1, 0.15) is 17.5 Å². The lowest BCUT2D eigenvalue weighted by Gasteiger charge is -2.25. The number of amides is 1. The third kappa shape index (κ3) is 3.16. The number of aryl methyl sites for hydroxylation is 2. The van der Waals surface area contributed by atoms with Crippen molar-refractivity contribution in [1.82, 2.24) is 0 Å². The number of benzene rings is 2. The van der Waals surface area contributed by atoms with Crippen molar-refractivity contribution in [2.24, 2.45) is 5.11 Å². The van der Waals surface area contributed by atoms with Crippen molar-refractivity contribution in [3.63, 3.8) is 0 Å². The lowest BCUT2D eigenvalue weighted by atomic mass is 10.0. The van der Waals surface area contributed by atoms with E-state index in [-0.39, 0.29) is 18.9 Å². The number of hydrogen-bond donors (Lipinski definition) is 0. The first kappa shape index (κ1) is 15.4. The van der Waals surface area contributed by atoms with Gasteiger partial charge >= 0.3 is 0 Å². The Kier molecular flexibility index (Phi) is 4.51. The standard InChI is InChI=1S/C17H15ClN4O/c18-14-8-7-13-6-5-12-3-1-2-4-15(12)22(16(13)11-14)17(23)9-10-20-21-19/h1-4,7-8,11H,5-6,9-10H2. The van der Waals surface area contributed by atoms with E-state index in [1.54, 1.807) is 4.90 Å². The van der Waals surface area contributed by atoms with Gasteiger partial charge in [-0.05, 0) is 47.7 Å². The number of carbonyl (C=O) groups is 1. The van der Waals surface area contributed by atoms with E-state index >= 15 is 0 Å². The number of halogens is 1. The van der Waals surface area contributed by atoms with Crippen LogP contribution in [0.4, 0.5) is 11.4 Å². The summed E-state index contributed by atoms with van der Waals surface area (Å²) in [4.78, 5) is 17.2. The highest BCUT2D eigenvalue weighted by molar-refractivity contribution is 6.31. The molecule has 0 saturated heterocycles.